The molecule has 2 radical (unpaired) electrons. The van der Waals surface area contributed by atoms with Crippen LogP contribution in [-0.2, 0) is 67.1 Å². The summed E-state index contributed by atoms with van der Waals surface area (Å²) in [5, 5.41) is 0. The largest absolute Gasteiger partial charge is 1.00 e. The van der Waals surface area contributed by atoms with Gasteiger partial charge < -0.3 is 31.7 Å². The summed E-state index contributed by atoms with van der Waals surface area (Å²) in [6.07, 6.45) is 0. The van der Waals surface area contributed by atoms with Gasteiger partial charge in [0.1, 0.15) is 0 Å². The van der Waals surface area contributed by atoms with E-state index in [1.54, 1.807) is 0 Å². The summed E-state index contributed by atoms with van der Waals surface area (Å²) < 4.78 is 0. The van der Waals surface area contributed by atoms with Crippen LogP contribution in [0, 0.1) is 0 Å². The van der Waals surface area contributed by atoms with Gasteiger partial charge in [-0.2, -0.15) is 0 Å². The first-order chi connectivity index (χ1) is 0. The van der Waals surface area contributed by atoms with Crippen LogP contribution in [0.1, 0.15) is 4.28 Å². The quantitative estimate of drug-likeness (QED) is 0.383. The zero-order valence-corrected chi connectivity index (χ0v) is 11.2. The Balaban J connectivity index is 0. The maximum Gasteiger partial charge on any atom is 1.00 e. The number of rotatable bonds is 0. The fourth-order valence-corrected chi connectivity index (χ4v) is 0. The van der Waals surface area contributed by atoms with Crippen LogP contribution in [0.2, 0.25) is 0 Å². The van der Waals surface area contributed by atoms with Gasteiger partial charge in [-0.3, -0.25) is 0 Å². The van der Waals surface area contributed by atoms with Gasteiger partial charge in [0.05, 0.1) is 0 Å². The summed E-state index contributed by atoms with van der Waals surface area (Å²) >= 11 is 0. The minimum absolute atomic E-state index is 0. The van der Waals surface area contributed by atoms with E-state index < -0.39 is 0 Å². The van der Waals surface area contributed by atoms with E-state index in [0.717, 1.165) is 0 Å². The molecule has 0 rings (SSSR count). The summed E-state index contributed by atoms with van der Waals surface area (Å²) in [6, 6.07) is 0. The average Bonchev–Trinajstić information content (AvgIpc) is 0. The summed E-state index contributed by atoms with van der Waals surface area (Å²) in [7, 11) is 0. The van der Waals surface area contributed by atoms with Gasteiger partial charge in [0, 0.05) is 67.1 Å². The van der Waals surface area contributed by atoms with Crippen LogP contribution in [0.25, 0.3) is 0 Å². The van der Waals surface area contributed by atoms with Crippen molar-refractivity contribution in [3.63, 3.8) is 0 Å². The molecule has 0 fully saturated rings. The van der Waals surface area contributed by atoms with Crippen LogP contribution in [-0.4, -0.2) is 27.4 Å². The molecule has 5 nitrogen and oxygen atoms in total. The van der Waals surface area contributed by atoms with Crippen molar-refractivity contribution in [3.05, 3.63) is 0 Å². The second kappa shape index (κ2) is 207. The van der Waals surface area contributed by atoms with Crippen molar-refractivity contribution in [3.8, 4) is 0 Å². The molecule has 80 valence electrons. The molecule has 0 aliphatic rings. The Labute approximate surface area is 153 Å². The van der Waals surface area contributed by atoms with E-state index in [1.165, 1.54) is 0 Å². The Bertz CT molecular complexity index is 33.5. The molecule has 0 bridgehead atoms. The number of hydrogen-bond acceptors (Lipinski definition) is 0. The van der Waals surface area contributed by atoms with E-state index in [1.807, 2.05) is 0 Å². The van der Waals surface area contributed by atoms with Crippen molar-refractivity contribution in [2.45, 2.75) is 0 Å². The van der Waals surface area contributed by atoms with E-state index >= 15 is 0 Å². The van der Waals surface area contributed by atoms with Gasteiger partial charge in [-0.1, -0.05) is 0 Å². The molecule has 12 heavy (non-hydrogen) atoms. The predicted octanol–water partition coefficient (Wildman–Crippen LogP) is -12.8. The van der Waals surface area contributed by atoms with Gasteiger partial charge in [-0.15, -0.1) is 0 Å². The molecule has 10 N–H and O–H groups in total. The first-order valence-corrected chi connectivity index (χ1v) is 0. The second-order valence-corrected chi connectivity index (χ2v) is 0. The molecule has 0 unspecified atom stereocenters. The Morgan fingerprint density at radius 1 is 0.417 bits per heavy atom. The van der Waals surface area contributed by atoms with Gasteiger partial charge in [0.15, 0.2) is 0 Å². The van der Waals surface area contributed by atoms with E-state index in [9.17, 15) is 0 Å². The molecule has 0 saturated heterocycles. The molecule has 0 aliphatic carbocycles. The Morgan fingerprint density at radius 2 is 0.417 bits per heavy atom. The monoisotopic (exact) mass is 340 g/mol. The van der Waals surface area contributed by atoms with Gasteiger partial charge in [-0.25, -0.2) is 0 Å². The minimum atomic E-state index is 0. The molecule has 0 atom stereocenters. The van der Waals surface area contributed by atoms with Gasteiger partial charge in [-0.05, 0) is 0 Å². The van der Waals surface area contributed by atoms with E-state index in [-0.39, 0.29) is 155 Å². The molecule has 12 heteroatoms. The van der Waals surface area contributed by atoms with Crippen LogP contribution in [0.3, 0.4) is 0 Å². The van der Waals surface area contributed by atoms with Crippen molar-refractivity contribution in [1.29, 1.82) is 0 Å². The zero-order valence-electron chi connectivity index (χ0n) is 9.89. The van der Waals surface area contributed by atoms with Crippen molar-refractivity contribution in [2.24, 2.45) is 0 Å². The summed E-state index contributed by atoms with van der Waals surface area (Å²) in [5.41, 5.74) is 0. The zero-order chi connectivity index (χ0) is 0. The summed E-state index contributed by atoms with van der Waals surface area (Å²) in [6.45, 7) is 0. The Morgan fingerprint density at radius 3 is 0.417 bits per heavy atom. The molecule has 0 heterocycles. The van der Waals surface area contributed by atoms with Crippen molar-refractivity contribution < 1.29 is 155 Å². The SMILES string of the molecule is O.O.O.O.O.[H-].[H-].[H-].[Li+].[Li+].[Li+].[Mn].[Mn].[Ni].[Ni]. The molecule has 0 aromatic carbocycles. The molecular weight excluding hydrogens is 328 g/mol. The normalized spacial score (nSPS) is 0. The fourth-order valence-electron chi connectivity index (χ4n) is 0. The second-order valence-electron chi connectivity index (χ2n) is 0. The Hall–Kier alpha value is 3.62. The molecular formula is H13Li3Mn2Ni2O5. The third-order valence-electron chi connectivity index (χ3n) is 0. The van der Waals surface area contributed by atoms with Gasteiger partial charge >= 0.3 is 56.6 Å². The maximum atomic E-state index is 0. The summed E-state index contributed by atoms with van der Waals surface area (Å²) in [5.74, 6) is 0. The van der Waals surface area contributed by atoms with Crippen LogP contribution in [0.5, 0.6) is 0 Å². The smallest absolute Gasteiger partial charge is 1.00 e. The van der Waals surface area contributed by atoms with E-state index in [2.05, 4.69) is 0 Å². The molecule has 0 amide bonds. The first kappa shape index (κ1) is 255. The molecule has 0 saturated carbocycles. The van der Waals surface area contributed by atoms with Crippen LogP contribution in [0.4, 0.5) is 0 Å². The van der Waals surface area contributed by atoms with E-state index in [0.29, 0.717) is 0 Å². The number of hydrogen-bond donors (Lipinski definition) is 0. The van der Waals surface area contributed by atoms with Gasteiger partial charge in [0.2, 0.25) is 0 Å². The van der Waals surface area contributed by atoms with Crippen molar-refractivity contribution >= 4 is 0 Å². The summed E-state index contributed by atoms with van der Waals surface area (Å²) in [4.78, 5) is 0. The average molecular weight is 341 g/mol. The van der Waals surface area contributed by atoms with Crippen LogP contribution >= 0.6 is 0 Å². The molecule has 0 aliphatic heterocycles. The fraction of sp³-hybridized carbons (Fsp3) is 0. The van der Waals surface area contributed by atoms with Crippen LogP contribution < -0.4 is 56.6 Å². The standard InChI is InChI=1S/3Li.2Mn.2Ni.5H2O.3H/h;;;;;;;5*1H2;;;/q3*+1;;;;;;;;;;3*-1. The topological polar surface area (TPSA) is 158 Å². The third-order valence-corrected chi connectivity index (χ3v) is 0. The Kier molecular flexibility index (Phi) is 4400. The molecule has 0 aromatic heterocycles. The van der Waals surface area contributed by atoms with Crippen LogP contribution in [0.15, 0.2) is 0 Å². The maximum absolute atomic E-state index is 0. The van der Waals surface area contributed by atoms with E-state index in [4.69, 9.17) is 0 Å². The minimum Gasteiger partial charge on any atom is -1.00 e. The predicted molar refractivity (Wildman–Crippen MR) is 21.4 cm³/mol. The first-order valence-electron chi connectivity index (χ1n) is 0. The van der Waals surface area contributed by atoms with Crippen molar-refractivity contribution in [2.75, 3.05) is 0 Å². The van der Waals surface area contributed by atoms with Gasteiger partial charge in [0.25, 0.3) is 0 Å². The molecule has 0 aromatic rings. The molecule has 0 spiro atoms. The van der Waals surface area contributed by atoms with Crippen molar-refractivity contribution in [1.82, 2.24) is 0 Å². The third kappa shape index (κ3) is 166.